The van der Waals surface area contributed by atoms with Gasteiger partial charge in [0.1, 0.15) is 0 Å². The van der Waals surface area contributed by atoms with Crippen LogP contribution >= 0.6 is 0 Å². The molecule has 1 aliphatic heterocycles. The molecular formula is C21H27N5O3. The SMILES string of the molecule is COc1nc(C(=O)NC2CC23CCN(C(=O)c2ccc(C)cc2C)CC3)nn1C. The average Bonchev–Trinajstić information content (AvgIpc) is 3.18. The van der Waals surface area contributed by atoms with E-state index in [1.54, 1.807) is 7.05 Å². The van der Waals surface area contributed by atoms with E-state index in [1.165, 1.54) is 11.8 Å². The molecule has 0 bridgehead atoms. The molecule has 8 heteroatoms. The molecule has 4 rings (SSSR count). The van der Waals surface area contributed by atoms with Crippen LogP contribution in [0.1, 0.15) is 51.4 Å². The van der Waals surface area contributed by atoms with Crippen LogP contribution in [0.2, 0.25) is 0 Å². The molecule has 1 saturated heterocycles. The summed E-state index contributed by atoms with van der Waals surface area (Å²) in [6.45, 7) is 5.45. The largest absolute Gasteiger partial charge is 0.467 e. The van der Waals surface area contributed by atoms with E-state index in [0.29, 0.717) is 19.1 Å². The van der Waals surface area contributed by atoms with Crippen LogP contribution in [0.4, 0.5) is 0 Å². The summed E-state index contributed by atoms with van der Waals surface area (Å²) in [5, 5.41) is 7.14. The van der Waals surface area contributed by atoms with Crippen molar-refractivity contribution in [2.24, 2.45) is 12.5 Å². The number of methoxy groups -OCH3 is 1. The summed E-state index contributed by atoms with van der Waals surface area (Å²) in [6, 6.07) is 6.37. The number of aryl methyl sites for hydroxylation is 3. The van der Waals surface area contributed by atoms with Gasteiger partial charge in [0.25, 0.3) is 11.8 Å². The minimum atomic E-state index is -0.278. The molecule has 2 heterocycles. The molecule has 2 fully saturated rings. The first kappa shape index (κ1) is 19.4. The van der Waals surface area contributed by atoms with Crippen LogP contribution in [-0.4, -0.2) is 57.7 Å². The van der Waals surface area contributed by atoms with E-state index in [4.69, 9.17) is 4.74 Å². The van der Waals surface area contributed by atoms with Crippen LogP contribution < -0.4 is 10.1 Å². The first-order chi connectivity index (χ1) is 13.8. The van der Waals surface area contributed by atoms with Crippen molar-refractivity contribution < 1.29 is 14.3 Å². The molecule has 1 aromatic carbocycles. The molecule has 154 valence electrons. The molecule has 1 spiro atoms. The lowest BCUT2D eigenvalue weighted by atomic mass is 9.92. The van der Waals surface area contributed by atoms with Gasteiger partial charge in [0.05, 0.1) is 7.11 Å². The molecule has 1 aromatic heterocycles. The summed E-state index contributed by atoms with van der Waals surface area (Å²) < 4.78 is 6.50. The van der Waals surface area contributed by atoms with Gasteiger partial charge in [0.2, 0.25) is 5.82 Å². The number of amides is 2. The van der Waals surface area contributed by atoms with Gasteiger partial charge >= 0.3 is 6.01 Å². The van der Waals surface area contributed by atoms with Crippen LogP contribution in [0.3, 0.4) is 0 Å². The number of aromatic nitrogens is 3. The molecule has 29 heavy (non-hydrogen) atoms. The molecule has 1 atom stereocenters. The van der Waals surface area contributed by atoms with Crippen molar-refractivity contribution in [3.8, 4) is 6.01 Å². The highest BCUT2D eigenvalue weighted by molar-refractivity contribution is 5.95. The predicted octanol–water partition coefficient (Wildman–Crippen LogP) is 1.87. The smallest absolute Gasteiger partial charge is 0.314 e. The third-order valence-electron chi connectivity index (χ3n) is 6.26. The Morgan fingerprint density at radius 2 is 1.97 bits per heavy atom. The van der Waals surface area contributed by atoms with Crippen LogP contribution in [0, 0.1) is 19.3 Å². The monoisotopic (exact) mass is 397 g/mol. The lowest BCUT2D eigenvalue weighted by Gasteiger charge is -2.33. The minimum Gasteiger partial charge on any atom is -0.467 e. The Bertz CT molecular complexity index is 959. The molecular weight excluding hydrogens is 370 g/mol. The van der Waals surface area contributed by atoms with Crippen molar-refractivity contribution in [2.75, 3.05) is 20.2 Å². The van der Waals surface area contributed by atoms with Crippen LogP contribution in [0.5, 0.6) is 6.01 Å². The lowest BCUT2D eigenvalue weighted by Crippen LogP contribution is -2.42. The first-order valence-electron chi connectivity index (χ1n) is 9.95. The fourth-order valence-corrected chi connectivity index (χ4v) is 4.35. The minimum absolute atomic E-state index is 0.0909. The highest BCUT2D eigenvalue weighted by Crippen LogP contribution is 2.54. The number of carbonyl (C=O) groups excluding carboxylic acids is 2. The molecule has 1 unspecified atom stereocenters. The van der Waals surface area contributed by atoms with Gasteiger partial charge in [0, 0.05) is 31.7 Å². The summed E-state index contributed by atoms with van der Waals surface area (Å²) in [5.41, 5.74) is 3.05. The third-order valence-corrected chi connectivity index (χ3v) is 6.26. The Balaban J connectivity index is 1.34. The maximum atomic E-state index is 12.9. The molecule has 1 N–H and O–H groups in total. The Morgan fingerprint density at radius 3 is 2.59 bits per heavy atom. The van der Waals surface area contributed by atoms with Crippen molar-refractivity contribution in [1.29, 1.82) is 0 Å². The van der Waals surface area contributed by atoms with E-state index in [9.17, 15) is 9.59 Å². The second-order valence-corrected chi connectivity index (χ2v) is 8.25. The fraction of sp³-hybridized carbons (Fsp3) is 0.524. The van der Waals surface area contributed by atoms with Gasteiger partial charge < -0.3 is 15.0 Å². The van der Waals surface area contributed by atoms with Gasteiger partial charge in [-0.05, 0) is 50.2 Å². The second-order valence-electron chi connectivity index (χ2n) is 8.25. The van der Waals surface area contributed by atoms with Crippen molar-refractivity contribution in [2.45, 2.75) is 39.2 Å². The normalized spacial score (nSPS) is 19.9. The molecule has 1 saturated carbocycles. The zero-order chi connectivity index (χ0) is 20.8. The van der Waals surface area contributed by atoms with Crippen LogP contribution in [0.25, 0.3) is 0 Å². The summed E-state index contributed by atoms with van der Waals surface area (Å²) in [7, 11) is 3.18. The zero-order valence-electron chi connectivity index (χ0n) is 17.4. The summed E-state index contributed by atoms with van der Waals surface area (Å²) in [5.74, 6) is -0.0585. The van der Waals surface area contributed by atoms with E-state index < -0.39 is 0 Å². The number of rotatable bonds is 4. The Kier molecular flexibility index (Phi) is 4.80. The predicted molar refractivity (Wildman–Crippen MR) is 107 cm³/mol. The van der Waals surface area contributed by atoms with E-state index in [2.05, 4.69) is 15.4 Å². The molecule has 0 radical (unpaired) electrons. The van der Waals surface area contributed by atoms with E-state index >= 15 is 0 Å². The number of piperidine rings is 1. The zero-order valence-corrected chi connectivity index (χ0v) is 17.4. The Morgan fingerprint density at radius 1 is 1.24 bits per heavy atom. The van der Waals surface area contributed by atoms with E-state index in [-0.39, 0.29) is 29.1 Å². The van der Waals surface area contributed by atoms with Crippen molar-refractivity contribution in [1.82, 2.24) is 25.0 Å². The second kappa shape index (κ2) is 7.17. The third kappa shape index (κ3) is 3.59. The number of nitrogens with one attached hydrogen (secondary N) is 1. The van der Waals surface area contributed by atoms with Gasteiger partial charge in [-0.25, -0.2) is 4.68 Å². The number of likely N-dealkylation sites (tertiary alicyclic amines) is 1. The quantitative estimate of drug-likeness (QED) is 0.851. The van der Waals surface area contributed by atoms with Gasteiger partial charge in [-0.3, -0.25) is 9.59 Å². The highest BCUT2D eigenvalue weighted by Gasteiger charge is 2.56. The van der Waals surface area contributed by atoms with E-state index in [0.717, 1.165) is 36.0 Å². The fourth-order valence-electron chi connectivity index (χ4n) is 4.35. The summed E-state index contributed by atoms with van der Waals surface area (Å²) in [4.78, 5) is 31.4. The summed E-state index contributed by atoms with van der Waals surface area (Å²) in [6.07, 6.45) is 2.73. The highest BCUT2D eigenvalue weighted by atomic mass is 16.5. The Hall–Kier alpha value is -2.90. The number of benzene rings is 1. The molecule has 2 aromatic rings. The number of hydrogen-bond donors (Lipinski definition) is 1. The van der Waals surface area contributed by atoms with Gasteiger partial charge in [-0.15, -0.1) is 5.10 Å². The van der Waals surface area contributed by atoms with Gasteiger partial charge in [-0.1, -0.05) is 17.7 Å². The van der Waals surface area contributed by atoms with Crippen molar-refractivity contribution >= 4 is 11.8 Å². The molecule has 2 aliphatic rings. The average molecular weight is 397 g/mol. The number of hydrogen-bond acceptors (Lipinski definition) is 5. The Labute approximate surface area is 170 Å². The first-order valence-corrected chi connectivity index (χ1v) is 9.95. The molecule has 1 aliphatic carbocycles. The molecule has 8 nitrogen and oxygen atoms in total. The van der Waals surface area contributed by atoms with Crippen LogP contribution in [0.15, 0.2) is 18.2 Å². The maximum absolute atomic E-state index is 12.9. The topological polar surface area (TPSA) is 89.3 Å². The molecule has 2 amide bonds. The standard InChI is InChI=1S/C21H27N5O3/c1-13-5-6-15(14(2)11-13)19(28)26-9-7-21(8-10-26)12-16(21)22-18(27)17-23-20(29-4)25(3)24-17/h5-6,11,16H,7-10,12H2,1-4H3,(H,22,27). The maximum Gasteiger partial charge on any atom is 0.314 e. The van der Waals surface area contributed by atoms with Gasteiger partial charge in [-0.2, -0.15) is 4.98 Å². The summed E-state index contributed by atoms with van der Waals surface area (Å²) >= 11 is 0. The van der Waals surface area contributed by atoms with Crippen molar-refractivity contribution in [3.05, 3.63) is 40.7 Å². The number of carbonyl (C=O) groups is 2. The number of ether oxygens (including phenoxy) is 1. The lowest BCUT2D eigenvalue weighted by molar-refractivity contribution is 0.0667. The number of nitrogens with zero attached hydrogens (tertiary/aromatic N) is 4. The van der Waals surface area contributed by atoms with Crippen LogP contribution in [-0.2, 0) is 7.05 Å². The van der Waals surface area contributed by atoms with Gasteiger partial charge in [0.15, 0.2) is 0 Å². The van der Waals surface area contributed by atoms with E-state index in [1.807, 2.05) is 36.9 Å². The van der Waals surface area contributed by atoms with Crippen molar-refractivity contribution in [3.63, 3.8) is 0 Å².